The molecule has 1 aromatic carbocycles. The van der Waals surface area contributed by atoms with Gasteiger partial charge in [-0.05, 0) is 44.2 Å². The highest BCUT2D eigenvalue weighted by atomic mass is 35.5. The lowest BCUT2D eigenvalue weighted by molar-refractivity contribution is 0.463. The van der Waals surface area contributed by atoms with Crippen LogP contribution in [0.1, 0.15) is 44.8 Å². The van der Waals surface area contributed by atoms with E-state index in [-0.39, 0.29) is 15.9 Å². The number of aromatic nitrogens is 2. The van der Waals surface area contributed by atoms with E-state index in [2.05, 4.69) is 29.7 Å². The zero-order valence-electron chi connectivity index (χ0n) is 13.0. The highest BCUT2D eigenvalue weighted by molar-refractivity contribution is 8.00. The van der Waals surface area contributed by atoms with Gasteiger partial charge in [-0.1, -0.05) is 13.8 Å². The van der Waals surface area contributed by atoms with Crippen LogP contribution >= 0.6 is 23.4 Å². The Hall–Kier alpha value is -0.740. The van der Waals surface area contributed by atoms with E-state index < -0.39 is 0 Å². The summed E-state index contributed by atoms with van der Waals surface area (Å²) in [6.07, 6.45) is 4.24. The van der Waals surface area contributed by atoms with Crippen LogP contribution < -0.4 is 0 Å². The van der Waals surface area contributed by atoms with Crippen molar-refractivity contribution in [3.8, 4) is 0 Å². The van der Waals surface area contributed by atoms with Crippen LogP contribution in [-0.2, 0) is 6.54 Å². The summed E-state index contributed by atoms with van der Waals surface area (Å²) in [4.78, 5) is 4.60. The third-order valence-corrected chi connectivity index (χ3v) is 6.03. The van der Waals surface area contributed by atoms with Crippen LogP contribution in [0.2, 0.25) is 0 Å². The lowest BCUT2D eigenvalue weighted by Gasteiger charge is -2.31. The molecule has 116 valence electrons. The average Bonchev–Trinajstić information content (AvgIpc) is 2.83. The minimum atomic E-state index is -0.236. The van der Waals surface area contributed by atoms with Crippen LogP contribution in [0.5, 0.6) is 0 Å². The molecule has 0 aliphatic heterocycles. The van der Waals surface area contributed by atoms with Gasteiger partial charge in [0.1, 0.15) is 11.6 Å². The molecule has 0 spiro atoms. The van der Waals surface area contributed by atoms with E-state index in [9.17, 15) is 4.39 Å². The van der Waals surface area contributed by atoms with E-state index in [0.717, 1.165) is 36.2 Å². The van der Waals surface area contributed by atoms with E-state index in [0.29, 0.717) is 0 Å². The van der Waals surface area contributed by atoms with Gasteiger partial charge in [-0.15, -0.1) is 11.6 Å². The van der Waals surface area contributed by atoms with Crippen molar-refractivity contribution in [3.63, 3.8) is 0 Å². The van der Waals surface area contributed by atoms with Crippen LogP contribution in [-0.4, -0.2) is 20.6 Å². The smallest absolute Gasteiger partial charge is 0.127 e. The summed E-state index contributed by atoms with van der Waals surface area (Å²) in [5, 5.41) is -0.200. The maximum absolute atomic E-state index is 13.6. The van der Waals surface area contributed by atoms with Crippen molar-refractivity contribution in [1.29, 1.82) is 0 Å². The van der Waals surface area contributed by atoms with Crippen molar-refractivity contribution in [2.75, 3.05) is 6.26 Å². The molecule has 0 amide bonds. The summed E-state index contributed by atoms with van der Waals surface area (Å²) in [5.41, 5.74) is 1.64. The van der Waals surface area contributed by atoms with Crippen molar-refractivity contribution in [3.05, 3.63) is 29.8 Å². The maximum Gasteiger partial charge on any atom is 0.127 e. The number of hydrogen-bond acceptors (Lipinski definition) is 2. The van der Waals surface area contributed by atoms with E-state index in [1.165, 1.54) is 6.07 Å². The first kappa shape index (κ1) is 16.6. The minimum Gasteiger partial charge on any atom is -0.325 e. The number of halogens is 2. The molecule has 0 saturated heterocycles. The maximum atomic E-state index is 13.6. The first-order valence-corrected chi connectivity index (χ1v) is 8.97. The van der Waals surface area contributed by atoms with E-state index in [4.69, 9.17) is 11.6 Å². The third kappa shape index (κ3) is 3.21. The molecule has 2 aromatic rings. The van der Waals surface area contributed by atoms with Crippen molar-refractivity contribution >= 4 is 34.4 Å². The second-order valence-corrected chi connectivity index (χ2v) is 7.33. The standard InChI is InChI=1S/C16H22ClFN2S/c1-5-16(6-2,21-4)10-20-14-9-12(18)7-8-13(14)19-15(20)11(3)17/h7-9,11H,5-6,10H2,1-4H3. The van der Waals surface area contributed by atoms with Crippen molar-refractivity contribution in [1.82, 2.24) is 9.55 Å². The Kier molecular flexibility index (Phi) is 5.20. The average molecular weight is 329 g/mol. The van der Waals surface area contributed by atoms with Crippen LogP contribution in [0.4, 0.5) is 4.39 Å². The number of fused-ring (bicyclic) bond motifs is 1. The molecular formula is C16H22ClFN2S. The van der Waals surface area contributed by atoms with E-state index in [1.807, 2.05) is 18.7 Å². The van der Waals surface area contributed by atoms with Gasteiger partial charge in [0.2, 0.25) is 0 Å². The van der Waals surface area contributed by atoms with Gasteiger partial charge < -0.3 is 4.57 Å². The second-order valence-electron chi connectivity index (χ2n) is 5.40. The van der Waals surface area contributed by atoms with Crippen LogP contribution in [0.3, 0.4) is 0 Å². The van der Waals surface area contributed by atoms with Gasteiger partial charge >= 0.3 is 0 Å². The fraction of sp³-hybridized carbons (Fsp3) is 0.562. The number of nitrogens with zero attached hydrogens (tertiary/aromatic N) is 2. The molecule has 0 bridgehead atoms. The fourth-order valence-electron chi connectivity index (χ4n) is 2.70. The highest BCUT2D eigenvalue weighted by Crippen LogP contribution is 2.35. The van der Waals surface area contributed by atoms with Gasteiger partial charge in [-0.25, -0.2) is 9.37 Å². The summed E-state index contributed by atoms with van der Waals surface area (Å²) in [7, 11) is 0. The van der Waals surface area contributed by atoms with Crippen molar-refractivity contribution in [2.45, 2.75) is 50.3 Å². The Balaban J connectivity index is 2.59. The van der Waals surface area contributed by atoms with Gasteiger partial charge in [-0.2, -0.15) is 11.8 Å². The zero-order chi connectivity index (χ0) is 15.6. The van der Waals surface area contributed by atoms with Crippen molar-refractivity contribution in [2.24, 2.45) is 0 Å². The van der Waals surface area contributed by atoms with E-state index in [1.54, 1.807) is 12.1 Å². The molecule has 0 N–H and O–H groups in total. The lowest BCUT2D eigenvalue weighted by Crippen LogP contribution is -2.29. The normalized spacial score (nSPS) is 13.8. The van der Waals surface area contributed by atoms with Crippen molar-refractivity contribution < 1.29 is 4.39 Å². The van der Waals surface area contributed by atoms with Gasteiger partial charge in [0.15, 0.2) is 0 Å². The highest BCUT2D eigenvalue weighted by Gasteiger charge is 2.28. The Bertz CT molecular complexity index is 612. The van der Waals surface area contributed by atoms with Gasteiger partial charge in [-0.3, -0.25) is 0 Å². The van der Waals surface area contributed by atoms with Crippen LogP contribution in [0.25, 0.3) is 11.0 Å². The molecule has 0 fully saturated rings. The number of imidazole rings is 1. The molecule has 0 aliphatic carbocycles. The predicted octanol–water partition coefficient (Wildman–Crippen LogP) is 5.40. The summed E-state index contributed by atoms with van der Waals surface area (Å²) in [6, 6.07) is 4.73. The zero-order valence-corrected chi connectivity index (χ0v) is 14.6. The minimum absolute atomic E-state index is 0.125. The monoisotopic (exact) mass is 328 g/mol. The Morgan fingerprint density at radius 2 is 2.05 bits per heavy atom. The largest absolute Gasteiger partial charge is 0.325 e. The fourth-order valence-corrected chi connectivity index (χ4v) is 3.70. The quantitative estimate of drug-likeness (QED) is 0.661. The molecule has 21 heavy (non-hydrogen) atoms. The number of alkyl halides is 1. The summed E-state index contributed by atoms with van der Waals surface area (Å²) < 4.78 is 15.8. The molecule has 0 radical (unpaired) electrons. The molecule has 1 unspecified atom stereocenters. The van der Waals surface area contributed by atoms with Crippen LogP contribution in [0, 0.1) is 5.82 Å². The van der Waals surface area contributed by atoms with Gasteiger partial charge in [0.25, 0.3) is 0 Å². The summed E-state index contributed by atoms with van der Waals surface area (Å²) in [5.74, 6) is 0.581. The van der Waals surface area contributed by atoms with E-state index >= 15 is 0 Å². The first-order chi connectivity index (χ1) is 9.96. The number of hydrogen-bond donors (Lipinski definition) is 0. The molecule has 1 heterocycles. The first-order valence-electron chi connectivity index (χ1n) is 7.31. The Morgan fingerprint density at radius 3 is 2.57 bits per heavy atom. The van der Waals surface area contributed by atoms with Gasteiger partial charge in [0, 0.05) is 11.3 Å². The third-order valence-electron chi connectivity index (χ3n) is 4.26. The molecule has 2 nitrogen and oxygen atoms in total. The second kappa shape index (κ2) is 6.57. The molecule has 0 saturated carbocycles. The molecule has 5 heteroatoms. The molecule has 1 atom stereocenters. The predicted molar refractivity (Wildman–Crippen MR) is 90.8 cm³/mol. The number of rotatable bonds is 6. The topological polar surface area (TPSA) is 17.8 Å². The molecule has 0 aliphatic rings. The number of benzene rings is 1. The summed E-state index contributed by atoms with van der Waals surface area (Å²) >= 11 is 8.16. The Labute approximate surface area is 135 Å². The molecule has 2 rings (SSSR count). The molecular weight excluding hydrogens is 307 g/mol. The van der Waals surface area contributed by atoms with Gasteiger partial charge in [0.05, 0.1) is 16.4 Å². The summed E-state index contributed by atoms with van der Waals surface area (Å²) in [6.45, 7) is 7.11. The Morgan fingerprint density at radius 1 is 1.38 bits per heavy atom. The van der Waals surface area contributed by atoms with Crippen LogP contribution in [0.15, 0.2) is 18.2 Å². The lowest BCUT2D eigenvalue weighted by atomic mass is 10.0. The number of thioether (sulfide) groups is 1. The SMILES string of the molecule is CCC(CC)(Cn1c(C(C)Cl)nc2ccc(F)cc21)SC. The molecule has 1 aromatic heterocycles.